The lowest BCUT2D eigenvalue weighted by Gasteiger charge is -2.23. The van der Waals surface area contributed by atoms with E-state index in [9.17, 15) is 0 Å². The van der Waals surface area contributed by atoms with E-state index in [1.807, 2.05) is 12.1 Å². The third-order valence-corrected chi connectivity index (χ3v) is 3.91. The van der Waals surface area contributed by atoms with Gasteiger partial charge in [-0.05, 0) is 17.7 Å². The molecule has 0 aliphatic rings. The standard InChI is InChI=1S/C19H24ClNO/c1-2-21(14-13-20)15-16-22-19(17-9-5-3-6-10-17)18-11-7-4-8-12-18/h3-12,19H,2,13-16H2,1H3. The van der Waals surface area contributed by atoms with Gasteiger partial charge in [-0.25, -0.2) is 0 Å². The molecule has 0 aromatic heterocycles. The van der Waals surface area contributed by atoms with Crippen LogP contribution >= 0.6 is 11.6 Å². The maximum atomic E-state index is 6.21. The van der Waals surface area contributed by atoms with Gasteiger partial charge in [0.1, 0.15) is 6.10 Å². The Morgan fingerprint density at radius 3 is 1.91 bits per heavy atom. The molecular weight excluding hydrogens is 294 g/mol. The molecule has 0 radical (unpaired) electrons. The van der Waals surface area contributed by atoms with E-state index in [0.29, 0.717) is 12.5 Å². The molecule has 3 heteroatoms. The van der Waals surface area contributed by atoms with Gasteiger partial charge in [0, 0.05) is 19.0 Å². The van der Waals surface area contributed by atoms with Crippen LogP contribution in [0.15, 0.2) is 60.7 Å². The van der Waals surface area contributed by atoms with Gasteiger partial charge in [0.05, 0.1) is 6.61 Å². The molecule has 22 heavy (non-hydrogen) atoms. The molecule has 0 heterocycles. The first-order valence-electron chi connectivity index (χ1n) is 7.85. The Balaban J connectivity index is 2.03. The fourth-order valence-electron chi connectivity index (χ4n) is 2.49. The first-order chi connectivity index (χ1) is 10.8. The minimum Gasteiger partial charge on any atom is -0.367 e. The Bertz CT molecular complexity index is 478. The molecule has 2 rings (SSSR count). The maximum Gasteiger partial charge on any atom is 0.108 e. The van der Waals surface area contributed by atoms with Gasteiger partial charge < -0.3 is 9.64 Å². The van der Waals surface area contributed by atoms with Crippen molar-refractivity contribution in [1.29, 1.82) is 0 Å². The number of likely N-dealkylation sites (N-methyl/N-ethyl adjacent to an activating group) is 1. The highest BCUT2D eigenvalue weighted by molar-refractivity contribution is 6.18. The molecule has 2 aromatic rings. The van der Waals surface area contributed by atoms with Crippen LogP contribution in [0.1, 0.15) is 24.2 Å². The zero-order valence-corrected chi connectivity index (χ0v) is 13.9. The van der Waals surface area contributed by atoms with Crippen LogP contribution in [0.5, 0.6) is 0 Å². The largest absolute Gasteiger partial charge is 0.367 e. The fourth-order valence-corrected chi connectivity index (χ4v) is 2.73. The van der Waals surface area contributed by atoms with Crippen LogP contribution < -0.4 is 0 Å². The number of benzene rings is 2. The van der Waals surface area contributed by atoms with Crippen molar-refractivity contribution in [3.05, 3.63) is 71.8 Å². The molecule has 0 spiro atoms. The first kappa shape index (κ1) is 17.0. The van der Waals surface area contributed by atoms with E-state index in [1.165, 1.54) is 11.1 Å². The summed E-state index contributed by atoms with van der Waals surface area (Å²) in [6.07, 6.45) is -0.0166. The van der Waals surface area contributed by atoms with Crippen molar-refractivity contribution in [3.8, 4) is 0 Å². The Morgan fingerprint density at radius 1 is 0.909 bits per heavy atom. The lowest BCUT2D eigenvalue weighted by atomic mass is 10.0. The molecule has 0 atom stereocenters. The second kappa shape index (κ2) is 9.62. The van der Waals surface area contributed by atoms with Gasteiger partial charge in [0.2, 0.25) is 0 Å². The zero-order chi connectivity index (χ0) is 15.6. The molecular formula is C19H24ClNO. The van der Waals surface area contributed by atoms with Gasteiger partial charge in [-0.2, -0.15) is 0 Å². The topological polar surface area (TPSA) is 12.5 Å². The molecule has 0 unspecified atom stereocenters. The summed E-state index contributed by atoms with van der Waals surface area (Å²) in [5.74, 6) is 0.661. The van der Waals surface area contributed by atoms with E-state index in [0.717, 1.165) is 19.6 Å². The molecule has 0 amide bonds. The molecule has 0 aliphatic carbocycles. The summed E-state index contributed by atoms with van der Waals surface area (Å²) >= 11 is 5.83. The van der Waals surface area contributed by atoms with E-state index in [4.69, 9.17) is 16.3 Å². The third-order valence-electron chi connectivity index (χ3n) is 3.74. The average Bonchev–Trinajstić information content (AvgIpc) is 2.59. The van der Waals surface area contributed by atoms with Crippen LogP contribution in [0.2, 0.25) is 0 Å². The van der Waals surface area contributed by atoms with Crippen LogP contribution in [0.4, 0.5) is 0 Å². The lowest BCUT2D eigenvalue weighted by molar-refractivity contribution is 0.0620. The Morgan fingerprint density at radius 2 is 1.45 bits per heavy atom. The van der Waals surface area contributed by atoms with Crippen molar-refractivity contribution in [2.45, 2.75) is 13.0 Å². The highest BCUT2D eigenvalue weighted by Crippen LogP contribution is 2.25. The Labute approximate surface area is 138 Å². The van der Waals surface area contributed by atoms with Crippen LogP contribution in [-0.2, 0) is 4.74 Å². The first-order valence-corrected chi connectivity index (χ1v) is 8.38. The predicted octanol–water partition coefficient (Wildman–Crippen LogP) is 4.35. The zero-order valence-electron chi connectivity index (χ0n) is 13.1. The predicted molar refractivity (Wildman–Crippen MR) is 93.5 cm³/mol. The normalized spacial score (nSPS) is 11.3. The van der Waals surface area contributed by atoms with E-state index >= 15 is 0 Å². The number of halogens is 1. The van der Waals surface area contributed by atoms with Gasteiger partial charge >= 0.3 is 0 Å². The SMILES string of the molecule is CCN(CCCl)CCOC(c1ccccc1)c1ccccc1. The Kier molecular flexibility index (Phi) is 7.44. The van der Waals surface area contributed by atoms with Gasteiger partial charge in [-0.15, -0.1) is 11.6 Å². The second-order valence-electron chi connectivity index (χ2n) is 5.20. The van der Waals surface area contributed by atoms with Crippen molar-refractivity contribution < 1.29 is 4.74 Å². The van der Waals surface area contributed by atoms with Crippen molar-refractivity contribution >= 4 is 11.6 Å². The second-order valence-corrected chi connectivity index (χ2v) is 5.57. The molecule has 0 N–H and O–H groups in total. The number of hydrogen-bond acceptors (Lipinski definition) is 2. The summed E-state index contributed by atoms with van der Waals surface area (Å²) < 4.78 is 6.21. The molecule has 0 bridgehead atoms. The monoisotopic (exact) mass is 317 g/mol. The molecule has 2 aromatic carbocycles. The van der Waals surface area contributed by atoms with Gasteiger partial charge in [-0.3, -0.25) is 0 Å². The Hall–Kier alpha value is -1.35. The summed E-state index contributed by atoms with van der Waals surface area (Å²) in [6, 6.07) is 20.8. The summed E-state index contributed by atoms with van der Waals surface area (Å²) in [7, 11) is 0. The molecule has 0 saturated heterocycles. The van der Waals surface area contributed by atoms with Crippen molar-refractivity contribution in [1.82, 2.24) is 4.90 Å². The van der Waals surface area contributed by atoms with Crippen molar-refractivity contribution in [2.75, 3.05) is 32.1 Å². The van der Waals surface area contributed by atoms with Crippen LogP contribution in [0.3, 0.4) is 0 Å². The number of rotatable bonds is 9. The summed E-state index contributed by atoms with van der Waals surface area (Å²) in [4.78, 5) is 2.31. The lowest BCUT2D eigenvalue weighted by Crippen LogP contribution is -2.29. The smallest absolute Gasteiger partial charge is 0.108 e. The highest BCUT2D eigenvalue weighted by atomic mass is 35.5. The number of hydrogen-bond donors (Lipinski definition) is 0. The average molecular weight is 318 g/mol. The van der Waals surface area contributed by atoms with Crippen molar-refractivity contribution in [2.24, 2.45) is 0 Å². The molecule has 2 nitrogen and oxygen atoms in total. The summed E-state index contributed by atoms with van der Waals surface area (Å²) in [5.41, 5.74) is 2.38. The van der Waals surface area contributed by atoms with Gasteiger partial charge in [0.15, 0.2) is 0 Å². The molecule has 0 aliphatic heterocycles. The number of nitrogens with zero attached hydrogens (tertiary/aromatic N) is 1. The van der Waals surface area contributed by atoms with E-state index in [-0.39, 0.29) is 6.10 Å². The third kappa shape index (κ3) is 5.13. The summed E-state index contributed by atoms with van der Waals surface area (Å²) in [6.45, 7) is 5.65. The highest BCUT2D eigenvalue weighted by Gasteiger charge is 2.14. The maximum absolute atomic E-state index is 6.21. The quantitative estimate of drug-likeness (QED) is 0.637. The van der Waals surface area contributed by atoms with Crippen LogP contribution in [0, 0.1) is 0 Å². The van der Waals surface area contributed by atoms with Crippen LogP contribution in [0.25, 0.3) is 0 Å². The number of alkyl halides is 1. The summed E-state index contributed by atoms with van der Waals surface area (Å²) in [5, 5.41) is 0. The minimum atomic E-state index is -0.0166. The van der Waals surface area contributed by atoms with E-state index in [2.05, 4.69) is 60.4 Å². The van der Waals surface area contributed by atoms with Gasteiger partial charge in [-0.1, -0.05) is 67.6 Å². The van der Waals surface area contributed by atoms with Gasteiger partial charge in [0.25, 0.3) is 0 Å². The molecule has 118 valence electrons. The number of ether oxygens (including phenoxy) is 1. The van der Waals surface area contributed by atoms with Crippen LogP contribution in [-0.4, -0.2) is 37.0 Å². The molecule has 0 saturated carbocycles. The van der Waals surface area contributed by atoms with Crippen molar-refractivity contribution in [3.63, 3.8) is 0 Å². The minimum absolute atomic E-state index is 0.0166. The van der Waals surface area contributed by atoms with E-state index in [1.54, 1.807) is 0 Å². The fraction of sp³-hybridized carbons (Fsp3) is 0.368. The molecule has 0 fully saturated rings. The van der Waals surface area contributed by atoms with E-state index < -0.39 is 0 Å².